The summed E-state index contributed by atoms with van der Waals surface area (Å²) in [7, 11) is 0. The minimum absolute atomic E-state index is 0.266. The van der Waals surface area contributed by atoms with Crippen LogP contribution in [0.25, 0.3) is 0 Å². The Morgan fingerprint density at radius 2 is 2.00 bits per heavy atom. The molecule has 1 heterocycles. The van der Waals surface area contributed by atoms with Crippen LogP contribution in [-0.2, 0) is 11.3 Å². The molecule has 1 aliphatic heterocycles. The lowest BCUT2D eigenvalue weighted by Crippen LogP contribution is -1.95. The molecule has 2 nitrogen and oxygen atoms in total. The van der Waals surface area contributed by atoms with Crippen molar-refractivity contribution < 1.29 is 4.84 Å². The first-order chi connectivity index (χ1) is 4.95. The molecular weight excluding hydrogens is 126 g/mol. The highest BCUT2D eigenvalue weighted by atomic mass is 16.8. The van der Waals surface area contributed by atoms with Crippen molar-refractivity contribution in [1.82, 2.24) is 5.48 Å². The molecule has 0 saturated carbocycles. The van der Waals surface area contributed by atoms with E-state index >= 15 is 0 Å². The van der Waals surface area contributed by atoms with Crippen LogP contribution >= 0.6 is 0 Å². The lowest BCUT2D eigenvalue weighted by atomic mass is 10.1. The van der Waals surface area contributed by atoms with Gasteiger partial charge in [-0.2, -0.15) is 5.48 Å². The molecule has 52 valence electrons. The maximum absolute atomic E-state index is 4.86. The van der Waals surface area contributed by atoms with Crippen LogP contribution in [0.15, 0.2) is 30.3 Å². The summed E-state index contributed by atoms with van der Waals surface area (Å²) >= 11 is 0. The van der Waals surface area contributed by atoms with Gasteiger partial charge in [0, 0.05) is 6.42 Å². The molecule has 1 aromatic carbocycles. The Kier molecular flexibility index (Phi) is 1.42. The molecule has 2 heteroatoms. The smallest absolute Gasteiger partial charge is 0.155 e. The van der Waals surface area contributed by atoms with Crippen molar-refractivity contribution in [3.8, 4) is 0 Å². The second-order valence-corrected chi connectivity index (χ2v) is 2.41. The van der Waals surface area contributed by atoms with Crippen molar-refractivity contribution in [3.63, 3.8) is 0 Å². The van der Waals surface area contributed by atoms with Crippen molar-refractivity contribution >= 4 is 0 Å². The van der Waals surface area contributed by atoms with Crippen molar-refractivity contribution in [3.05, 3.63) is 35.9 Å². The first kappa shape index (κ1) is 5.89. The number of hydrogen-bond donors (Lipinski definition) is 1. The van der Waals surface area contributed by atoms with E-state index in [4.69, 9.17) is 4.84 Å². The van der Waals surface area contributed by atoms with E-state index in [0.29, 0.717) is 0 Å². The molecule has 1 aromatic rings. The van der Waals surface area contributed by atoms with Crippen molar-refractivity contribution in [1.29, 1.82) is 0 Å². The predicted octanol–water partition coefficient (Wildman–Crippen LogP) is 1.09. The molecule has 0 aliphatic carbocycles. The van der Waals surface area contributed by atoms with E-state index in [-0.39, 0.29) is 6.23 Å². The van der Waals surface area contributed by atoms with Gasteiger partial charge in [-0.15, -0.1) is 0 Å². The van der Waals surface area contributed by atoms with Crippen LogP contribution in [0.3, 0.4) is 0 Å². The van der Waals surface area contributed by atoms with Gasteiger partial charge in [0.05, 0.1) is 0 Å². The third-order valence-corrected chi connectivity index (χ3v) is 1.55. The predicted molar refractivity (Wildman–Crippen MR) is 38.2 cm³/mol. The van der Waals surface area contributed by atoms with Gasteiger partial charge in [-0.05, 0) is 5.56 Å². The quantitative estimate of drug-likeness (QED) is 0.616. The zero-order valence-corrected chi connectivity index (χ0v) is 5.58. The van der Waals surface area contributed by atoms with E-state index in [2.05, 4.69) is 17.6 Å². The third-order valence-electron chi connectivity index (χ3n) is 1.55. The normalized spacial score (nSPS) is 22.6. The van der Waals surface area contributed by atoms with Crippen LogP contribution in [0.4, 0.5) is 0 Å². The van der Waals surface area contributed by atoms with Gasteiger partial charge in [0.1, 0.15) is 0 Å². The highest BCUT2D eigenvalue weighted by Crippen LogP contribution is 2.09. The molecule has 0 bridgehead atoms. The first-order valence-corrected chi connectivity index (χ1v) is 3.40. The Hall–Kier alpha value is -0.860. The molecule has 1 atom stereocenters. The molecule has 0 radical (unpaired) electrons. The molecular formula is C8H9NO. The van der Waals surface area contributed by atoms with E-state index in [1.807, 2.05) is 18.2 Å². The van der Waals surface area contributed by atoms with Crippen LogP contribution in [-0.4, -0.2) is 6.23 Å². The molecule has 0 spiro atoms. The molecule has 10 heavy (non-hydrogen) atoms. The second-order valence-electron chi connectivity index (χ2n) is 2.41. The fourth-order valence-corrected chi connectivity index (χ4v) is 0.960. The minimum atomic E-state index is 0.266. The number of nitrogens with one attached hydrogen (secondary N) is 1. The molecule has 2 rings (SSSR count). The Morgan fingerprint density at radius 3 is 2.60 bits per heavy atom. The summed E-state index contributed by atoms with van der Waals surface area (Å²) < 4.78 is 0. The summed E-state index contributed by atoms with van der Waals surface area (Å²) in [4.78, 5) is 4.86. The zero-order chi connectivity index (χ0) is 6.81. The van der Waals surface area contributed by atoms with Crippen LogP contribution < -0.4 is 5.48 Å². The number of hydroxylamine groups is 1. The van der Waals surface area contributed by atoms with Crippen LogP contribution in [0.5, 0.6) is 0 Å². The van der Waals surface area contributed by atoms with Crippen LogP contribution in [0, 0.1) is 0 Å². The van der Waals surface area contributed by atoms with Crippen molar-refractivity contribution in [2.75, 3.05) is 0 Å². The van der Waals surface area contributed by atoms with E-state index in [0.717, 1.165) is 6.42 Å². The lowest BCUT2D eigenvalue weighted by Gasteiger charge is -1.92. The monoisotopic (exact) mass is 135 g/mol. The summed E-state index contributed by atoms with van der Waals surface area (Å²) in [6.07, 6.45) is 1.24. The van der Waals surface area contributed by atoms with Gasteiger partial charge in [0.2, 0.25) is 0 Å². The van der Waals surface area contributed by atoms with Crippen molar-refractivity contribution in [2.24, 2.45) is 0 Å². The summed E-state index contributed by atoms with van der Waals surface area (Å²) in [6, 6.07) is 10.3. The molecule has 0 amide bonds. The van der Waals surface area contributed by atoms with Gasteiger partial charge in [0.15, 0.2) is 6.23 Å². The highest BCUT2D eigenvalue weighted by molar-refractivity contribution is 5.15. The first-order valence-electron chi connectivity index (χ1n) is 3.40. The zero-order valence-electron chi connectivity index (χ0n) is 5.58. The molecule has 1 unspecified atom stereocenters. The maximum atomic E-state index is 4.86. The topological polar surface area (TPSA) is 34.5 Å². The van der Waals surface area contributed by atoms with Gasteiger partial charge >= 0.3 is 0 Å². The van der Waals surface area contributed by atoms with E-state index in [9.17, 15) is 0 Å². The Bertz CT molecular complexity index is 206. The SMILES string of the molecule is c1ccc(CC2NO2)cc1. The summed E-state index contributed by atoms with van der Waals surface area (Å²) in [5.74, 6) is 0. The summed E-state index contributed by atoms with van der Waals surface area (Å²) in [5.41, 5.74) is 4.10. The Morgan fingerprint density at radius 1 is 1.30 bits per heavy atom. The van der Waals surface area contributed by atoms with Gasteiger partial charge in [-0.25, -0.2) is 0 Å². The average Bonchev–Trinajstić information content (AvgIpc) is 2.74. The molecule has 1 fully saturated rings. The minimum Gasteiger partial charge on any atom is -0.278 e. The molecule has 0 aromatic heterocycles. The lowest BCUT2D eigenvalue weighted by molar-refractivity contribution is 0.370. The highest BCUT2D eigenvalue weighted by Gasteiger charge is 2.21. The number of rotatable bonds is 2. The van der Waals surface area contributed by atoms with E-state index < -0.39 is 0 Å². The number of benzene rings is 1. The van der Waals surface area contributed by atoms with Crippen LogP contribution in [0.2, 0.25) is 0 Å². The Balaban J connectivity index is 2.03. The fraction of sp³-hybridized carbons (Fsp3) is 0.250. The summed E-state index contributed by atoms with van der Waals surface area (Å²) in [6.45, 7) is 0. The molecule has 1 N–H and O–H groups in total. The van der Waals surface area contributed by atoms with Gasteiger partial charge < -0.3 is 0 Å². The third kappa shape index (κ3) is 1.35. The summed E-state index contributed by atoms with van der Waals surface area (Å²) in [5, 5.41) is 0. The second kappa shape index (κ2) is 2.40. The van der Waals surface area contributed by atoms with Crippen LogP contribution in [0.1, 0.15) is 5.56 Å². The van der Waals surface area contributed by atoms with E-state index in [1.54, 1.807) is 0 Å². The van der Waals surface area contributed by atoms with E-state index in [1.165, 1.54) is 5.56 Å². The van der Waals surface area contributed by atoms with Gasteiger partial charge in [-0.1, -0.05) is 30.3 Å². The molecule has 1 saturated heterocycles. The Labute approximate surface area is 59.8 Å². The largest absolute Gasteiger partial charge is 0.278 e. The van der Waals surface area contributed by atoms with Gasteiger partial charge in [-0.3, -0.25) is 4.84 Å². The number of hydrogen-bond acceptors (Lipinski definition) is 2. The average molecular weight is 135 g/mol. The standard InChI is InChI=1S/C8H9NO/c1-2-4-7(5-3-1)6-8-9-10-8/h1-5,8-9H,6H2. The maximum Gasteiger partial charge on any atom is 0.155 e. The fourth-order valence-electron chi connectivity index (χ4n) is 0.960. The van der Waals surface area contributed by atoms with Gasteiger partial charge in [0.25, 0.3) is 0 Å². The van der Waals surface area contributed by atoms with Crippen molar-refractivity contribution in [2.45, 2.75) is 12.6 Å². The molecule has 1 aliphatic rings.